The second-order valence-electron chi connectivity index (χ2n) is 8.60. The zero-order chi connectivity index (χ0) is 20.9. The fourth-order valence-electron chi connectivity index (χ4n) is 4.63. The van der Waals surface area contributed by atoms with Crippen molar-refractivity contribution >= 4 is 5.91 Å². The molecule has 0 N–H and O–H groups in total. The Balaban J connectivity index is 1.32. The summed E-state index contributed by atoms with van der Waals surface area (Å²) in [6.07, 6.45) is 6.97. The molecular weight excluding hydrogens is 376 g/mol. The standard InChI is InChI=1S/C24H32N4O2/c1-19-7-9-20(10-8-19)22-11-12-24(30)28(25-22)14-13-23(29)27-17-15-26(16-18-27)21-5-3-2-4-6-21/h7-12,21H,2-6,13-18H2,1H3. The maximum atomic E-state index is 12.7. The summed E-state index contributed by atoms with van der Waals surface area (Å²) < 4.78 is 1.42. The zero-order valence-electron chi connectivity index (χ0n) is 17.9. The van der Waals surface area contributed by atoms with Crippen molar-refractivity contribution in [2.24, 2.45) is 0 Å². The van der Waals surface area contributed by atoms with Crippen LogP contribution in [0.2, 0.25) is 0 Å². The summed E-state index contributed by atoms with van der Waals surface area (Å²) in [5, 5.41) is 4.49. The van der Waals surface area contributed by atoms with Gasteiger partial charge in [-0.05, 0) is 25.8 Å². The number of aromatic nitrogens is 2. The van der Waals surface area contributed by atoms with Crippen LogP contribution in [0.1, 0.15) is 44.1 Å². The summed E-state index contributed by atoms with van der Waals surface area (Å²) in [5.74, 6) is 0.118. The molecule has 0 unspecified atom stereocenters. The molecule has 4 rings (SSSR count). The van der Waals surface area contributed by atoms with Crippen molar-refractivity contribution in [2.75, 3.05) is 26.2 Å². The molecule has 2 aliphatic rings. The largest absolute Gasteiger partial charge is 0.340 e. The Morgan fingerprint density at radius 3 is 2.37 bits per heavy atom. The molecule has 2 fully saturated rings. The van der Waals surface area contributed by atoms with Gasteiger partial charge < -0.3 is 4.90 Å². The lowest BCUT2D eigenvalue weighted by Gasteiger charge is -2.40. The molecule has 1 aliphatic heterocycles. The first-order valence-corrected chi connectivity index (χ1v) is 11.3. The van der Waals surface area contributed by atoms with E-state index in [2.05, 4.69) is 10.00 Å². The summed E-state index contributed by atoms with van der Waals surface area (Å²) in [6.45, 7) is 5.89. The van der Waals surface area contributed by atoms with Crippen LogP contribution in [0, 0.1) is 6.92 Å². The molecule has 1 saturated heterocycles. The average Bonchev–Trinajstić information content (AvgIpc) is 2.79. The first kappa shape index (κ1) is 20.8. The van der Waals surface area contributed by atoms with Crippen LogP contribution in [0.5, 0.6) is 0 Å². The Labute approximate surface area is 178 Å². The highest BCUT2D eigenvalue weighted by atomic mass is 16.2. The fraction of sp³-hybridized carbons (Fsp3) is 0.542. The Kier molecular flexibility index (Phi) is 6.62. The number of carbonyl (C=O) groups excluding carboxylic acids is 1. The molecule has 30 heavy (non-hydrogen) atoms. The predicted octanol–water partition coefficient (Wildman–Crippen LogP) is 3.09. The number of benzene rings is 1. The molecule has 0 spiro atoms. The summed E-state index contributed by atoms with van der Waals surface area (Å²) in [7, 11) is 0. The Morgan fingerprint density at radius 2 is 1.67 bits per heavy atom. The van der Waals surface area contributed by atoms with E-state index >= 15 is 0 Å². The van der Waals surface area contributed by atoms with Crippen LogP contribution in [0.25, 0.3) is 11.3 Å². The average molecular weight is 409 g/mol. The first-order valence-electron chi connectivity index (χ1n) is 11.3. The van der Waals surface area contributed by atoms with Gasteiger partial charge in [0.2, 0.25) is 5.91 Å². The zero-order valence-corrected chi connectivity index (χ0v) is 17.9. The Morgan fingerprint density at radius 1 is 0.967 bits per heavy atom. The van der Waals surface area contributed by atoms with Gasteiger partial charge in [0, 0.05) is 50.3 Å². The third-order valence-electron chi connectivity index (χ3n) is 6.51. The van der Waals surface area contributed by atoms with Crippen LogP contribution in [0.4, 0.5) is 0 Å². The van der Waals surface area contributed by atoms with Crippen LogP contribution in [-0.4, -0.2) is 57.7 Å². The summed E-state index contributed by atoms with van der Waals surface area (Å²) in [4.78, 5) is 29.5. The molecule has 2 heterocycles. The van der Waals surface area contributed by atoms with Gasteiger partial charge in [0.25, 0.3) is 5.56 Å². The first-order chi connectivity index (χ1) is 14.6. The van der Waals surface area contributed by atoms with E-state index in [-0.39, 0.29) is 11.5 Å². The van der Waals surface area contributed by atoms with E-state index in [9.17, 15) is 9.59 Å². The minimum absolute atomic E-state index is 0.118. The number of hydrogen-bond donors (Lipinski definition) is 0. The van der Waals surface area contributed by atoms with E-state index in [4.69, 9.17) is 0 Å². The number of rotatable bonds is 5. The van der Waals surface area contributed by atoms with Crippen LogP contribution >= 0.6 is 0 Å². The van der Waals surface area contributed by atoms with Crippen LogP contribution in [0.3, 0.4) is 0 Å². The molecule has 0 radical (unpaired) electrons. The molecule has 6 nitrogen and oxygen atoms in total. The van der Waals surface area contributed by atoms with Crippen molar-refractivity contribution in [3.05, 3.63) is 52.3 Å². The van der Waals surface area contributed by atoms with Gasteiger partial charge in [0.05, 0.1) is 12.2 Å². The summed E-state index contributed by atoms with van der Waals surface area (Å²) in [5.41, 5.74) is 2.74. The highest BCUT2D eigenvalue weighted by molar-refractivity contribution is 5.76. The van der Waals surface area contributed by atoms with E-state index in [0.29, 0.717) is 19.0 Å². The number of nitrogens with zero attached hydrogens (tertiary/aromatic N) is 4. The van der Waals surface area contributed by atoms with E-state index in [1.165, 1.54) is 48.4 Å². The van der Waals surface area contributed by atoms with Gasteiger partial charge in [0.1, 0.15) is 0 Å². The lowest BCUT2D eigenvalue weighted by molar-refractivity contribution is -0.133. The second kappa shape index (κ2) is 9.56. The number of piperazine rings is 1. The van der Waals surface area contributed by atoms with E-state index in [1.807, 2.05) is 36.1 Å². The molecule has 6 heteroatoms. The van der Waals surface area contributed by atoms with E-state index in [1.54, 1.807) is 6.07 Å². The Bertz CT molecular complexity index is 908. The number of aryl methyl sites for hydroxylation is 2. The van der Waals surface area contributed by atoms with Crippen molar-refractivity contribution < 1.29 is 4.79 Å². The highest BCUT2D eigenvalue weighted by Gasteiger charge is 2.26. The molecular formula is C24H32N4O2. The van der Waals surface area contributed by atoms with Gasteiger partial charge in [-0.2, -0.15) is 5.10 Å². The maximum Gasteiger partial charge on any atom is 0.266 e. The van der Waals surface area contributed by atoms with E-state index in [0.717, 1.165) is 37.4 Å². The number of hydrogen-bond acceptors (Lipinski definition) is 4. The van der Waals surface area contributed by atoms with Crippen molar-refractivity contribution in [1.82, 2.24) is 19.6 Å². The summed E-state index contributed by atoms with van der Waals surface area (Å²) >= 11 is 0. The number of carbonyl (C=O) groups is 1. The minimum Gasteiger partial charge on any atom is -0.340 e. The molecule has 0 atom stereocenters. The smallest absolute Gasteiger partial charge is 0.266 e. The van der Waals surface area contributed by atoms with Crippen molar-refractivity contribution in [2.45, 2.75) is 58.0 Å². The normalized spacial score (nSPS) is 18.5. The second-order valence-corrected chi connectivity index (χ2v) is 8.60. The number of amides is 1. The monoisotopic (exact) mass is 408 g/mol. The van der Waals surface area contributed by atoms with Gasteiger partial charge in [-0.3, -0.25) is 14.5 Å². The molecule has 0 bridgehead atoms. The lowest BCUT2D eigenvalue weighted by Crippen LogP contribution is -2.52. The van der Waals surface area contributed by atoms with Crippen LogP contribution in [0.15, 0.2) is 41.2 Å². The molecule has 1 aromatic heterocycles. The fourth-order valence-corrected chi connectivity index (χ4v) is 4.63. The van der Waals surface area contributed by atoms with Gasteiger partial charge >= 0.3 is 0 Å². The highest BCUT2D eigenvalue weighted by Crippen LogP contribution is 2.23. The van der Waals surface area contributed by atoms with E-state index < -0.39 is 0 Å². The van der Waals surface area contributed by atoms with Crippen molar-refractivity contribution in [1.29, 1.82) is 0 Å². The predicted molar refractivity (Wildman–Crippen MR) is 118 cm³/mol. The minimum atomic E-state index is -0.166. The van der Waals surface area contributed by atoms with Gasteiger partial charge in [-0.25, -0.2) is 4.68 Å². The Hall–Kier alpha value is -2.47. The maximum absolute atomic E-state index is 12.7. The van der Waals surface area contributed by atoms with Gasteiger partial charge in [-0.1, -0.05) is 49.1 Å². The van der Waals surface area contributed by atoms with Crippen LogP contribution in [-0.2, 0) is 11.3 Å². The third kappa shape index (κ3) is 4.98. The molecule has 1 saturated carbocycles. The molecule has 1 amide bonds. The quantitative estimate of drug-likeness (QED) is 0.763. The van der Waals surface area contributed by atoms with Crippen molar-refractivity contribution in [3.8, 4) is 11.3 Å². The third-order valence-corrected chi connectivity index (χ3v) is 6.51. The topological polar surface area (TPSA) is 58.4 Å². The molecule has 160 valence electrons. The van der Waals surface area contributed by atoms with Gasteiger partial charge in [0.15, 0.2) is 0 Å². The van der Waals surface area contributed by atoms with Crippen LogP contribution < -0.4 is 5.56 Å². The SMILES string of the molecule is Cc1ccc(-c2ccc(=O)n(CCC(=O)N3CCN(C4CCCCC4)CC3)n2)cc1. The molecule has 1 aliphatic carbocycles. The van der Waals surface area contributed by atoms with Gasteiger partial charge in [-0.15, -0.1) is 0 Å². The molecule has 1 aromatic carbocycles. The van der Waals surface area contributed by atoms with Crippen molar-refractivity contribution in [3.63, 3.8) is 0 Å². The summed E-state index contributed by atoms with van der Waals surface area (Å²) in [6, 6.07) is 12.1. The molecule has 2 aromatic rings. The lowest BCUT2D eigenvalue weighted by atomic mass is 9.94.